The minimum absolute atomic E-state index is 0.0725. The van der Waals surface area contributed by atoms with Gasteiger partial charge in [0.05, 0.1) is 12.7 Å². The van der Waals surface area contributed by atoms with Gasteiger partial charge in [-0.3, -0.25) is 0 Å². The second kappa shape index (κ2) is 3.90. The molecule has 0 unspecified atom stereocenters. The third-order valence-electron chi connectivity index (χ3n) is 2.15. The van der Waals surface area contributed by atoms with Gasteiger partial charge in [-0.05, 0) is 24.3 Å². The summed E-state index contributed by atoms with van der Waals surface area (Å²) >= 11 is 1.25. The largest absolute Gasteiger partial charge is 0.861 e. The van der Waals surface area contributed by atoms with Crippen molar-refractivity contribution in [3.05, 3.63) is 30.5 Å². The molecular formula is C11H11NO2S. The molecule has 0 N–H and O–H groups in total. The predicted octanol–water partition coefficient (Wildman–Crippen LogP) is 1.32. The Morgan fingerprint density at radius 3 is 2.40 bits per heavy atom. The Kier molecular flexibility index (Phi) is 2.60. The molecule has 4 heteroatoms. The summed E-state index contributed by atoms with van der Waals surface area (Å²) in [5.74, 6) is 0.820. The van der Waals surface area contributed by atoms with Crippen molar-refractivity contribution in [3.8, 4) is 21.4 Å². The molecule has 1 aromatic carbocycles. The molecule has 0 fully saturated rings. The molecule has 78 valence electrons. The lowest BCUT2D eigenvalue weighted by molar-refractivity contribution is -0.657. The molecular weight excluding hydrogens is 210 g/mol. The normalized spacial score (nSPS) is 10.3. The quantitative estimate of drug-likeness (QED) is 0.717. The number of aryl methyl sites for hydroxylation is 1. The predicted molar refractivity (Wildman–Crippen MR) is 56.9 cm³/mol. The summed E-state index contributed by atoms with van der Waals surface area (Å²) in [5, 5.41) is 12.2. The van der Waals surface area contributed by atoms with Crippen molar-refractivity contribution in [2.75, 3.05) is 7.11 Å². The molecule has 2 rings (SSSR count). The first-order valence-corrected chi connectivity index (χ1v) is 5.33. The van der Waals surface area contributed by atoms with E-state index in [4.69, 9.17) is 4.74 Å². The molecule has 0 aliphatic carbocycles. The number of rotatable bonds is 2. The van der Waals surface area contributed by atoms with Gasteiger partial charge in [-0.1, -0.05) is 11.3 Å². The highest BCUT2D eigenvalue weighted by molar-refractivity contribution is 7.16. The van der Waals surface area contributed by atoms with Crippen LogP contribution in [0.3, 0.4) is 0 Å². The van der Waals surface area contributed by atoms with Crippen LogP contribution >= 0.6 is 11.3 Å². The summed E-state index contributed by atoms with van der Waals surface area (Å²) in [4.78, 5) is 0. The minimum atomic E-state index is 0.0725. The number of benzene rings is 1. The highest BCUT2D eigenvalue weighted by Crippen LogP contribution is 2.26. The van der Waals surface area contributed by atoms with Crippen molar-refractivity contribution in [3.63, 3.8) is 0 Å². The summed E-state index contributed by atoms with van der Waals surface area (Å²) in [6.07, 6.45) is 1.59. The van der Waals surface area contributed by atoms with Crippen molar-refractivity contribution in [2.24, 2.45) is 7.05 Å². The fraction of sp³-hybridized carbons (Fsp3) is 0.182. The zero-order valence-electron chi connectivity index (χ0n) is 8.56. The summed E-state index contributed by atoms with van der Waals surface area (Å²) in [5.41, 5.74) is 1.03. The van der Waals surface area contributed by atoms with Crippen LogP contribution in [0.25, 0.3) is 10.6 Å². The Balaban J connectivity index is 2.41. The van der Waals surface area contributed by atoms with E-state index in [1.807, 2.05) is 35.9 Å². The molecule has 1 heterocycles. The van der Waals surface area contributed by atoms with Gasteiger partial charge in [-0.25, -0.2) is 0 Å². The Bertz CT molecular complexity index is 462. The molecule has 0 aliphatic rings. The maximum absolute atomic E-state index is 11.2. The van der Waals surface area contributed by atoms with E-state index in [-0.39, 0.29) is 5.06 Å². The van der Waals surface area contributed by atoms with Crippen LogP contribution in [0.4, 0.5) is 0 Å². The van der Waals surface area contributed by atoms with Gasteiger partial charge in [0.15, 0.2) is 6.20 Å². The number of hydrogen-bond donors (Lipinski definition) is 0. The fourth-order valence-electron chi connectivity index (χ4n) is 1.41. The Labute approximate surface area is 92.2 Å². The van der Waals surface area contributed by atoms with Crippen molar-refractivity contribution in [1.82, 2.24) is 0 Å². The first-order chi connectivity index (χ1) is 7.20. The second-order valence-electron chi connectivity index (χ2n) is 3.19. The van der Waals surface area contributed by atoms with E-state index in [0.717, 1.165) is 16.3 Å². The molecule has 0 bridgehead atoms. The number of aromatic nitrogens is 1. The number of thiazole rings is 1. The average molecular weight is 221 g/mol. The van der Waals surface area contributed by atoms with E-state index < -0.39 is 0 Å². The van der Waals surface area contributed by atoms with Gasteiger partial charge in [0.1, 0.15) is 12.8 Å². The van der Waals surface area contributed by atoms with Gasteiger partial charge in [-0.2, -0.15) is 4.57 Å². The van der Waals surface area contributed by atoms with Crippen LogP contribution < -0.4 is 14.4 Å². The SMILES string of the molecule is COc1ccc(-c2sc([O-])c[n+]2C)cc1. The molecule has 0 aliphatic heterocycles. The zero-order chi connectivity index (χ0) is 10.8. The van der Waals surface area contributed by atoms with Crippen molar-refractivity contribution >= 4 is 11.3 Å². The van der Waals surface area contributed by atoms with Crippen LogP contribution in [0.15, 0.2) is 30.5 Å². The van der Waals surface area contributed by atoms with E-state index in [1.165, 1.54) is 11.3 Å². The Hall–Kier alpha value is -1.55. The number of hydrogen-bond acceptors (Lipinski definition) is 3. The topological polar surface area (TPSA) is 36.2 Å². The lowest BCUT2D eigenvalue weighted by Crippen LogP contribution is -2.26. The Morgan fingerprint density at radius 2 is 1.93 bits per heavy atom. The van der Waals surface area contributed by atoms with Crippen LogP contribution in [-0.4, -0.2) is 7.11 Å². The average Bonchev–Trinajstić information content (AvgIpc) is 2.58. The molecule has 0 amide bonds. The first kappa shape index (κ1) is 9.98. The maximum Gasteiger partial charge on any atom is 0.268 e. The molecule has 1 aromatic heterocycles. The Morgan fingerprint density at radius 1 is 1.27 bits per heavy atom. The van der Waals surface area contributed by atoms with E-state index in [2.05, 4.69) is 0 Å². The van der Waals surface area contributed by atoms with E-state index >= 15 is 0 Å². The molecule has 0 atom stereocenters. The van der Waals surface area contributed by atoms with Crippen LogP contribution in [0.2, 0.25) is 0 Å². The standard InChI is InChI=1S/C11H11NO2S/c1-12-7-10(13)15-11(12)8-3-5-9(14-2)6-4-8/h3-7H,1-2H3. The first-order valence-electron chi connectivity index (χ1n) is 4.51. The zero-order valence-corrected chi connectivity index (χ0v) is 9.38. The van der Waals surface area contributed by atoms with Crippen LogP contribution in [0.5, 0.6) is 10.8 Å². The number of ether oxygens (including phenoxy) is 1. The maximum atomic E-state index is 11.2. The summed E-state index contributed by atoms with van der Waals surface area (Å²) in [6.45, 7) is 0. The van der Waals surface area contributed by atoms with Gasteiger partial charge in [0.25, 0.3) is 5.01 Å². The summed E-state index contributed by atoms with van der Waals surface area (Å²) < 4.78 is 6.92. The molecule has 0 radical (unpaired) electrons. The van der Waals surface area contributed by atoms with E-state index in [0.29, 0.717) is 0 Å². The summed E-state index contributed by atoms with van der Waals surface area (Å²) in [7, 11) is 3.51. The van der Waals surface area contributed by atoms with Crippen LogP contribution in [0.1, 0.15) is 0 Å². The van der Waals surface area contributed by atoms with Crippen molar-refractivity contribution < 1.29 is 14.4 Å². The van der Waals surface area contributed by atoms with Crippen LogP contribution in [0, 0.1) is 0 Å². The summed E-state index contributed by atoms with van der Waals surface area (Å²) in [6, 6.07) is 7.67. The van der Waals surface area contributed by atoms with E-state index in [1.54, 1.807) is 13.3 Å². The van der Waals surface area contributed by atoms with E-state index in [9.17, 15) is 5.11 Å². The third-order valence-corrected chi connectivity index (χ3v) is 3.18. The molecule has 2 aromatic rings. The molecule has 15 heavy (non-hydrogen) atoms. The van der Waals surface area contributed by atoms with Crippen molar-refractivity contribution in [1.29, 1.82) is 0 Å². The molecule has 0 spiro atoms. The van der Waals surface area contributed by atoms with Crippen LogP contribution in [-0.2, 0) is 7.05 Å². The van der Waals surface area contributed by atoms with Crippen molar-refractivity contribution in [2.45, 2.75) is 0 Å². The number of methoxy groups -OCH3 is 1. The second-order valence-corrected chi connectivity index (χ2v) is 4.19. The van der Waals surface area contributed by atoms with Gasteiger partial charge < -0.3 is 9.84 Å². The highest BCUT2D eigenvalue weighted by atomic mass is 32.1. The highest BCUT2D eigenvalue weighted by Gasteiger charge is 2.11. The fourth-order valence-corrected chi connectivity index (χ4v) is 2.26. The minimum Gasteiger partial charge on any atom is -0.861 e. The van der Waals surface area contributed by atoms with Gasteiger partial charge in [0.2, 0.25) is 0 Å². The lowest BCUT2D eigenvalue weighted by atomic mass is 10.2. The molecule has 3 nitrogen and oxygen atoms in total. The molecule has 0 saturated carbocycles. The third kappa shape index (κ3) is 1.94. The lowest BCUT2D eigenvalue weighted by Gasteiger charge is -1.99. The van der Waals surface area contributed by atoms with Gasteiger partial charge in [0, 0.05) is 5.06 Å². The monoisotopic (exact) mass is 221 g/mol. The number of nitrogens with zero attached hydrogens (tertiary/aromatic N) is 1. The van der Waals surface area contributed by atoms with Gasteiger partial charge in [-0.15, -0.1) is 0 Å². The van der Waals surface area contributed by atoms with Gasteiger partial charge >= 0.3 is 0 Å². The smallest absolute Gasteiger partial charge is 0.268 e. The molecule has 0 saturated heterocycles.